The first-order chi connectivity index (χ1) is 13.2. The van der Waals surface area contributed by atoms with Crippen LogP contribution in [0.2, 0.25) is 0 Å². The van der Waals surface area contributed by atoms with Crippen molar-refractivity contribution in [2.75, 3.05) is 19.6 Å². The van der Waals surface area contributed by atoms with E-state index in [1.54, 1.807) is 17.3 Å². The number of aryl methyl sites for hydroxylation is 1. The smallest absolute Gasteiger partial charge is 0.224 e. The Bertz CT molecular complexity index is 736. The van der Waals surface area contributed by atoms with Crippen LogP contribution >= 0.6 is 0 Å². The van der Waals surface area contributed by atoms with Crippen LogP contribution in [0.3, 0.4) is 0 Å². The zero-order valence-corrected chi connectivity index (χ0v) is 15.5. The van der Waals surface area contributed by atoms with Gasteiger partial charge < -0.3 is 10.2 Å². The number of carbonyl (C=O) groups is 2. The Balaban J connectivity index is 1.41. The largest absolute Gasteiger partial charge is 0.356 e. The number of hydrogen-bond acceptors (Lipinski definition) is 4. The van der Waals surface area contributed by atoms with Gasteiger partial charge in [-0.2, -0.15) is 0 Å². The average Bonchev–Trinajstić information content (AvgIpc) is 2.72. The first-order valence-corrected chi connectivity index (χ1v) is 9.57. The molecule has 1 fully saturated rings. The maximum Gasteiger partial charge on any atom is 0.224 e. The molecule has 1 aliphatic rings. The van der Waals surface area contributed by atoms with Crippen molar-refractivity contribution in [1.29, 1.82) is 0 Å². The number of aromatic nitrogens is 2. The lowest BCUT2D eigenvalue weighted by atomic mass is 9.96. The monoisotopic (exact) mass is 366 g/mol. The van der Waals surface area contributed by atoms with Gasteiger partial charge in [0.05, 0.1) is 5.92 Å². The fourth-order valence-corrected chi connectivity index (χ4v) is 3.31. The molecule has 2 aromatic heterocycles. The third kappa shape index (κ3) is 5.88. The van der Waals surface area contributed by atoms with Gasteiger partial charge in [-0.05, 0) is 43.5 Å². The Morgan fingerprint density at radius 1 is 1.07 bits per heavy atom. The molecule has 3 rings (SSSR count). The number of likely N-dealkylation sites (tertiary alicyclic amines) is 1. The number of rotatable bonds is 8. The van der Waals surface area contributed by atoms with Gasteiger partial charge in [0.2, 0.25) is 11.8 Å². The van der Waals surface area contributed by atoms with E-state index in [-0.39, 0.29) is 17.7 Å². The highest BCUT2D eigenvalue weighted by molar-refractivity contribution is 5.83. The molecular weight excluding hydrogens is 340 g/mol. The molecule has 0 aliphatic carbocycles. The lowest BCUT2D eigenvalue weighted by Crippen LogP contribution is -2.46. The number of pyridine rings is 2. The molecule has 0 saturated carbocycles. The molecular formula is C21H26N4O2. The fourth-order valence-electron chi connectivity index (χ4n) is 3.31. The third-order valence-corrected chi connectivity index (χ3v) is 4.87. The molecule has 0 unspecified atom stereocenters. The second kappa shape index (κ2) is 9.80. The van der Waals surface area contributed by atoms with E-state index in [9.17, 15) is 9.59 Å². The quantitative estimate of drug-likeness (QED) is 0.725. The summed E-state index contributed by atoms with van der Waals surface area (Å²) < 4.78 is 0. The summed E-state index contributed by atoms with van der Waals surface area (Å²) >= 11 is 0. The van der Waals surface area contributed by atoms with E-state index in [4.69, 9.17) is 0 Å². The van der Waals surface area contributed by atoms with Gasteiger partial charge in [-0.15, -0.1) is 0 Å². The topological polar surface area (TPSA) is 75.2 Å². The van der Waals surface area contributed by atoms with Gasteiger partial charge >= 0.3 is 0 Å². The van der Waals surface area contributed by atoms with Crippen molar-refractivity contribution in [3.63, 3.8) is 0 Å². The minimum absolute atomic E-state index is 0.0476. The first kappa shape index (κ1) is 19.0. The third-order valence-electron chi connectivity index (χ3n) is 4.87. The van der Waals surface area contributed by atoms with Gasteiger partial charge in [-0.3, -0.25) is 19.6 Å². The molecule has 3 heterocycles. The second-order valence-corrected chi connectivity index (χ2v) is 6.86. The van der Waals surface area contributed by atoms with Crippen molar-refractivity contribution in [2.24, 2.45) is 5.92 Å². The van der Waals surface area contributed by atoms with E-state index in [0.29, 0.717) is 38.9 Å². The highest BCUT2D eigenvalue weighted by Gasteiger charge is 2.29. The number of nitrogens with one attached hydrogen (secondary N) is 1. The molecule has 0 spiro atoms. The maximum absolute atomic E-state index is 12.5. The van der Waals surface area contributed by atoms with Crippen LogP contribution in [-0.4, -0.2) is 46.3 Å². The molecule has 142 valence electrons. The van der Waals surface area contributed by atoms with Crippen molar-refractivity contribution in [3.8, 4) is 0 Å². The van der Waals surface area contributed by atoms with E-state index in [1.165, 1.54) is 0 Å². The van der Waals surface area contributed by atoms with E-state index in [1.807, 2.05) is 36.4 Å². The highest BCUT2D eigenvalue weighted by Crippen LogP contribution is 2.18. The molecule has 2 amide bonds. The van der Waals surface area contributed by atoms with Crippen LogP contribution in [0.15, 0.2) is 48.8 Å². The lowest BCUT2D eigenvalue weighted by Gasteiger charge is -2.32. The van der Waals surface area contributed by atoms with Gasteiger partial charge in [0.25, 0.3) is 0 Å². The second-order valence-electron chi connectivity index (χ2n) is 6.86. The number of piperidine rings is 1. The molecule has 0 radical (unpaired) electrons. The van der Waals surface area contributed by atoms with Crippen LogP contribution in [0.25, 0.3) is 0 Å². The molecule has 27 heavy (non-hydrogen) atoms. The van der Waals surface area contributed by atoms with Crippen molar-refractivity contribution < 1.29 is 9.59 Å². The van der Waals surface area contributed by atoms with Crippen molar-refractivity contribution in [3.05, 3.63) is 60.2 Å². The van der Waals surface area contributed by atoms with E-state index < -0.39 is 0 Å². The molecule has 1 aliphatic heterocycles. The molecule has 0 aromatic carbocycles. The Morgan fingerprint density at radius 2 is 1.78 bits per heavy atom. The summed E-state index contributed by atoms with van der Waals surface area (Å²) in [6.45, 7) is 1.74. The van der Waals surface area contributed by atoms with Crippen LogP contribution in [0, 0.1) is 5.92 Å². The summed E-state index contributed by atoms with van der Waals surface area (Å²) in [6, 6.07) is 11.6. The molecule has 6 heteroatoms. The Labute approximate surface area is 160 Å². The summed E-state index contributed by atoms with van der Waals surface area (Å²) in [5.74, 6) is 0.0535. The molecule has 6 nitrogen and oxygen atoms in total. The lowest BCUT2D eigenvalue weighted by molar-refractivity contribution is -0.138. The van der Waals surface area contributed by atoms with Gasteiger partial charge in [-0.25, -0.2) is 0 Å². The van der Waals surface area contributed by atoms with Crippen LogP contribution < -0.4 is 5.32 Å². The summed E-state index contributed by atoms with van der Waals surface area (Å²) in [5.41, 5.74) is 2.00. The summed E-state index contributed by atoms with van der Waals surface area (Å²) in [4.78, 5) is 35.0. The predicted molar refractivity (Wildman–Crippen MR) is 103 cm³/mol. The van der Waals surface area contributed by atoms with E-state index >= 15 is 0 Å². The Kier molecular flexibility index (Phi) is 6.90. The summed E-state index contributed by atoms with van der Waals surface area (Å²) in [6.07, 6.45) is 7.03. The summed E-state index contributed by atoms with van der Waals surface area (Å²) in [7, 11) is 0. The highest BCUT2D eigenvalue weighted by atomic mass is 16.2. The zero-order valence-electron chi connectivity index (χ0n) is 15.5. The van der Waals surface area contributed by atoms with E-state index in [0.717, 1.165) is 24.2 Å². The number of hydrogen-bond donors (Lipinski definition) is 1. The first-order valence-electron chi connectivity index (χ1n) is 9.57. The number of amides is 2. The normalized spacial score (nSPS) is 17.0. The van der Waals surface area contributed by atoms with Crippen LogP contribution in [0.5, 0.6) is 0 Å². The maximum atomic E-state index is 12.5. The summed E-state index contributed by atoms with van der Waals surface area (Å²) in [5, 5.41) is 3.01. The van der Waals surface area contributed by atoms with Gasteiger partial charge in [0, 0.05) is 56.3 Å². The molecule has 1 saturated heterocycles. The minimum atomic E-state index is -0.124. The van der Waals surface area contributed by atoms with Crippen LogP contribution in [0.1, 0.15) is 30.7 Å². The average molecular weight is 366 g/mol. The standard InChI is InChI=1S/C21H26N4O2/c26-20-10-9-17(16-25(20)15-11-19-7-2-4-13-23-19)21(27)24-14-5-8-18-6-1-3-12-22-18/h1-4,6-7,12-13,17H,5,8-11,14-16H2,(H,24,27)/t17-/m0/s1. The van der Waals surface area contributed by atoms with E-state index in [2.05, 4.69) is 15.3 Å². The molecule has 1 atom stereocenters. The van der Waals surface area contributed by atoms with Crippen molar-refractivity contribution in [1.82, 2.24) is 20.2 Å². The minimum Gasteiger partial charge on any atom is -0.356 e. The number of carbonyl (C=O) groups excluding carboxylic acids is 2. The van der Waals surface area contributed by atoms with Gasteiger partial charge in [-0.1, -0.05) is 12.1 Å². The van der Waals surface area contributed by atoms with Crippen molar-refractivity contribution >= 4 is 11.8 Å². The van der Waals surface area contributed by atoms with Gasteiger partial charge in [0.1, 0.15) is 0 Å². The zero-order chi connectivity index (χ0) is 18.9. The predicted octanol–water partition coefficient (Wildman–Crippen LogP) is 2.01. The van der Waals surface area contributed by atoms with Crippen LogP contribution in [0.4, 0.5) is 0 Å². The Morgan fingerprint density at radius 3 is 2.44 bits per heavy atom. The van der Waals surface area contributed by atoms with Crippen LogP contribution in [-0.2, 0) is 22.4 Å². The van der Waals surface area contributed by atoms with Crippen molar-refractivity contribution in [2.45, 2.75) is 32.1 Å². The SMILES string of the molecule is O=C(NCCCc1ccccn1)[C@H]1CCC(=O)N(CCc2ccccn2)C1. The number of nitrogens with zero attached hydrogens (tertiary/aromatic N) is 3. The molecule has 1 N–H and O–H groups in total. The fraction of sp³-hybridized carbons (Fsp3) is 0.429. The van der Waals surface area contributed by atoms with Gasteiger partial charge in [0.15, 0.2) is 0 Å². The molecule has 2 aromatic rings. The Hall–Kier alpha value is -2.76. The molecule has 0 bridgehead atoms.